The molecule has 10 heteroatoms. The van der Waals surface area contributed by atoms with Crippen LogP contribution >= 0.6 is 11.3 Å². The molecule has 0 fully saturated rings. The summed E-state index contributed by atoms with van der Waals surface area (Å²) in [5, 5.41) is 23.6. The van der Waals surface area contributed by atoms with Crippen molar-refractivity contribution in [2.24, 2.45) is 0 Å². The molecule has 38 heavy (non-hydrogen) atoms. The fraction of sp³-hybridized carbons (Fsp3) is 0.214. The number of aliphatic hydroxyl groups excluding tert-OH is 1. The topological polar surface area (TPSA) is 114 Å². The van der Waals surface area contributed by atoms with E-state index in [1.54, 1.807) is 33.6 Å². The molecule has 4 heterocycles. The second-order valence-corrected chi connectivity index (χ2v) is 9.79. The normalized spacial score (nSPS) is 12.0. The lowest BCUT2D eigenvalue weighted by Crippen LogP contribution is -2.37. The molecule has 0 spiro atoms. The molecular formula is C28H28N6O3S. The number of fused-ring (bicyclic) bond motifs is 1. The fourth-order valence-corrected chi connectivity index (χ4v) is 4.83. The summed E-state index contributed by atoms with van der Waals surface area (Å²) in [6.07, 6.45) is 6.06. The maximum Gasteiger partial charge on any atom is 0.270 e. The van der Waals surface area contributed by atoms with Crippen molar-refractivity contribution in [1.29, 1.82) is 0 Å². The first-order valence-electron chi connectivity index (χ1n) is 12.3. The van der Waals surface area contributed by atoms with Crippen LogP contribution in [0, 0.1) is 6.92 Å². The van der Waals surface area contributed by atoms with Crippen LogP contribution in [0.2, 0.25) is 0 Å². The lowest BCUT2D eigenvalue weighted by Gasteiger charge is -2.14. The molecule has 0 saturated carbocycles. The van der Waals surface area contributed by atoms with Crippen LogP contribution in [0.1, 0.15) is 45.3 Å². The first-order chi connectivity index (χ1) is 18.5. The van der Waals surface area contributed by atoms with E-state index in [0.717, 1.165) is 22.4 Å². The van der Waals surface area contributed by atoms with Gasteiger partial charge < -0.3 is 15.7 Å². The molecule has 5 aromatic rings. The van der Waals surface area contributed by atoms with Gasteiger partial charge in [0, 0.05) is 29.9 Å². The highest BCUT2D eigenvalue weighted by atomic mass is 32.1. The number of carbonyl (C=O) groups excluding carboxylic acids is 2. The van der Waals surface area contributed by atoms with Crippen molar-refractivity contribution in [2.75, 3.05) is 6.61 Å². The van der Waals surface area contributed by atoms with Crippen molar-refractivity contribution in [1.82, 2.24) is 29.8 Å². The molecule has 4 aromatic heterocycles. The van der Waals surface area contributed by atoms with E-state index in [0.29, 0.717) is 35.6 Å². The minimum atomic E-state index is -0.376. The van der Waals surface area contributed by atoms with E-state index in [9.17, 15) is 14.7 Å². The Kier molecular flexibility index (Phi) is 7.34. The van der Waals surface area contributed by atoms with Crippen LogP contribution in [0.25, 0.3) is 22.6 Å². The second-order valence-electron chi connectivity index (χ2n) is 9.01. The molecule has 3 N–H and O–H groups in total. The Morgan fingerprint density at radius 2 is 1.95 bits per heavy atom. The highest BCUT2D eigenvalue weighted by Crippen LogP contribution is 2.28. The van der Waals surface area contributed by atoms with Gasteiger partial charge in [0.15, 0.2) is 5.65 Å². The number of carbonyl (C=O) groups is 2. The third kappa shape index (κ3) is 5.09. The number of pyridine rings is 1. The van der Waals surface area contributed by atoms with Gasteiger partial charge in [-0.3, -0.25) is 14.0 Å². The van der Waals surface area contributed by atoms with Crippen LogP contribution in [0.15, 0.2) is 71.8 Å². The predicted octanol–water partition coefficient (Wildman–Crippen LogP) is 3.99. The van der Waals surface area contributed by atoms with Gasteiger partial charge >= 0.3 is 0 Å². The van der Waals surface area contributed by atoms with Crippen LogP contribution < -0.4 is 10.6 Å². The Bertz CT molecular complexity index is 1570. The number of nitrogens with one attached hydrogen (secondary N) is 2. The number of amides is 2. The lowest BCUT2D eigenvalue weighted by molar-refractivity contribution is 0.0907. The molecular weight excluding hydrogens is 500 g/mol. The van der Waals surface area contributed by atoms with Crippen LogP contribution in [-0.2, 0) is 6.54 Å². The first-order valence-corrected chi connectivity index (χ1v) is 13.3. The Morgan fingerprint density at radius 1 is 1.13 bits per heavy atom. The minimum Gasteiger partial charge on any atom is -0.394 e. The number of aromatic nitrogens is 4. The zero-order valence-corrected chi connectivity index (χ0v) is 21.9. The number of hydrogen-bond donors (Lipinski definition) is 3. The van der Waals surface area contributed by atoms with Gasteiger partial charge in [-0.1, -0.05) is 19.1 Å². The van der Waals surface area contributed by atoms with E-state index in [2.05, 4.69) is 15.7 Å². The third-order valence-electron chi connectivity index (χ3n) is 6.32. The predicted molar refractivity (Wildman–Crippen MR) is 147 cm³/mol. The molecule has 194 valence electrons. The Labute approximate surface area is 223 Å². The molecule has 0 aliphatic carbocycles. The zero-order chi connectivity index (χ0) is 26.6. The molecule has 1 aromatic carbocycles. The van der Waals surface area contributed by atoms with E-state index in [-0.39, 0.29) is 24.5 Å². The largest absolute Gasteiger partial charge is 0.394 e. The van der Waals surface area contributed by atoms with E-state index < -0.39 is 0 Å². The molecule has 2 amide bonds. The zero-order valence-electron chi connectivity index (χ0n) is 21.1. The number of imidazole rings is 1. The number of aryl methyl sites for hydroxylation is 1. The standard InChI is InChI=1S/C28H28N6O3S/c1-3-21(16-35)31-28(37)25-24(20-10-12-38-17-20)32-26-23(5-4-11-33(25)26)27(36)29-14-19-6-8-22(9-7-19)34-15-18(2)13-30-34/h4-13,15,17,21,35H,3,14,16H2,1-2H3,(H,29,36)(H,31,37)/t21-/m0/s1. The molecule has 0 saturated heterocycles. The van der Waals surface area contributed by atoms with Gasteiger partial charge in [-0.2, -0.15) is 16.4 Å². The molecule has 1 atom stereocenters. The van der Waals surface area contributed by atoms with Crippen molar-refractivity contribution in [3.8, 4) is 16.9 Å². The van der Waals surface area contributed by atoms with Crippen LogP contribution in [0.4, 0.5) is 0 Å². The van der Waals surface area contributed by atoms with Crippen LogP contribution in [-0.4, -0.2) is 48.7 Å². The summed E-state index contributed by atoms with van der Waals surface area (Å²) < 4.78 is 3.45. The van der Waals surface area contributed by atoms with Gasteiger partial charge in [-0.15, -0.1) is 0 Å². The third-order valence-corrected chi connectivity index (χ3v) is 7.00. The summed E-state index contributed by atoms with van der Waals surface area (Å²) >= 11 is 1.50. The summed E-state index contributed by atoms with van der Waals surface area (Å²) in [6, 6.07) is 12.7. The van der Waals surface area contributed by atoms with Gasteiger partial charge in [0.25, 0.3) is 11.8 Å². The molecule has 0 radical (unpaired) electrons. The number of hydrogen-bond acceptors (Lipinski definition) is 6. The van der Waals surface area contributed by atoms with Crippen molar-refractivity contribution in [2.45, 2.75) is 32.9 Å². The molecule has 0 aliphatic heterocycles. The summed E-state index contributed by atoms with van der Waals surface area (Å²) in [6.45, 7) is 4.05. The SMILES string of the molecule is CC[C@@H](CO)NC(=O)c1c(-c2ccsc2)nc2c(C(=O)NCc3ccc(-n4cc(C)cn4)cc3)cccn12. The monoisotopic (exact) mass is 528 g/mol. The number of nitrogens with zero attached hydrogens (tertiary/aromatic N) is 4. The fourth-order valence-electron chi connectivity index (χ4n) is 4.19. The Hall–Kier alpha value is -4.28. The summed E-state index contributed by atoms with van der Waals surface area (Å²) in [4.78, 5) is 31.3. The van der Waals surface area contributed by atoms with Crippen LogP contribution in [0.5, 0.6) is 0 Å². The minimum absolute atomic E-state index is 0.164. The summed E-state index contributed by atoms with van der Waals surface area (Å²) in [5.41, 5.74) is 5.31. The van der Waals surface area contributed by atoms with Gasteiger partial charge in [-0.05, 0) is 60.2 Å². The van der Waals surface area contributed by atoms with Crippen molar-refractivity contribution in [3.05, 3.63) is 94.2 Å². The summed E-state index contributed by atoms with van der Waals surface area (Å²) in [7, 11) is 0. The van der Waals surface area contributed by atoms with Gasteiger partial charge in [0.05, 0.1) is 30.1 Å². The molecule has 0 aliphatic rings. The highest BCUT2D eigenvalue weighted by Gasteiger charge is 2.25. The quantitative estimate of drug-likeness (QED) is 0.268. The Balaban J connectivity index is 1.41. The van der Waals surface area contributed by atoms with Gasteiger partial charge in [0.2, 0.25) is 0 Å². The number of aliphatic hydroxyl groups is 1. The number of benzene rings is 1. The van der Waals surface area contributed by atoms with E-state index in [4.69, 9.17) is 4.98 Å². The van der Waals surface area contributed by atoms with Crippen molar-refractivity contribution >= 4 is 28.8 Å². The van der Waals surface area contributed by atoms with E-state index in [1.807, 2.05) is 61.1 Å². The average Bonchev–Trinajstić information content (AvgIpc) is 3.70. The van der Waals surface area contributed by atoms with Crippen molar-refractivity contribution in [3.63, 3.8) is 0 Å². The van der Waals surface area contributed by atoms with Gasteiger partial charge in [-0.25, -0.2) is 9.67 Å². The smallest absolute Gasteiger partial charge is 0.270 e. The summed E-state index contributed by atoms with van der Waals surface area (Å²) in [5.74, 6) is -0.650. The number of thiophene rings is 1. The van der Waals surface area contributed by atoms with Crippen molar-refractivity contribution < 1.29 is 14.7 Å². The maximum absolute atomic E-state index is 13.3. The molecule has 9 nitrogen and oxygen atoms in total. The molecule has 0 bridgehead atoms. The average molecular weight is 529 g/mol. The lowest BCUT2D eigenvalue weighted by atomic mass is 10.1. The Morgan fingerprint density at radius 3 is 2.61 bits per heavy atom. The second kappa shape index (κ2) is 11.0. The van der Waals surface area contributed by atoms with E-state index in [1.165, 1.54) is 11.3 Å². The van der Waals surface area contributed by atoms with E-state index >= 15 is 0 Å². The molecule has 0 unspecified atom stereocenters. The first kappa shape index (κ1) is 25.4. The van der Waals surface area contributed by atoms with Crippen LogP contribution in [0.3, 0.4) is 0 Å². The molecule has 5 rings (SSSR count). The maximum atomic E-state index is 13.3. The highest BCUT2D eigenvalue weighted by molar-refractivity contribution is 7.08. The van der Waals surface area contributed by atoms with Gasteiger partial charge in [0.1, 0.15) is 11.4 Å². The number of rotatable bonds is 9.